The van der Waals surface area contributed by atoms with Crippen LogP contribution in [0.1, 0.15) is 25.3 Å². The monoisotopic (exact) mass is 396 g/mol. The number of methoxy groups -OCH3 is 3. The SMILES string of the molecule is COc1ccc(CN2C[C@H]3C[C@@H](NC(C)=O)[C@H](OC)C[C@H]3C2)c(Cl)c1OC. The molecule has 1 N–H and O–H groups in total. The summed E-state index contributed by atoms with van der Waals surface area (Å²) in [6, 6.07) is 4.00. The van der Waals surface area contributed by atoms with Gasteiger partial charge in [-0.15, -0.1) is 0 Å². The van der Waals surface area contributed by atoms with Gasteiger partial charge < -0.3 is 19.5 Å². The standard InChI is InChI=1S/C20H29ClN2O4/c1-12(24)22-16-7-14-10-23(11-15(14)8-18(16)26-3)9-13-5-6-17(25-2)20(27-4)19(13)21/h5-6,14-16,18H,7-11H2,1-4H3,(H,22,24)/t14-,15+,16-,18-/m1/s1. The summed E-state index contributed by atoms with van der Waals surface area (Å²) in [4.78, 5) is 13.9. The van der Waals surface area contributed by atoms with E-state index in [4.69, 9.17) is 25.8 Å². The highest BCUT2D eigenvalue weighted by atomic mass is 35.5. The van der Waals surface area contributed by atoms with Crippen LogP contribution < -0.4 is 14.8 Å². The van der Waals surface area contributed by atoms with Crippen LogP contribution in [0.4, 0.5) is 0 Å². The van der Waals surface area contributed by atoms with E-state index in [0.717, 1.165) is 38.0 Å². The Hall–Kier alpha value is -1.50. The lowest BCUT2D eigenvalue weighted by atomic mass is 9.77. The Kier molecular flexibility index (Phi) is 6.50. The minimum Gasteiger partial charge on any atom is -0.493 e. The lowest BCUT2D eigenvalue weighted by Crippen LogP contribution is -2.49. The number of amides is 1. The number of fused-ring (bicyclic) bond motifs is 1. The van der Waals surface area contributed by atoms with Crippen LogP contribution in [0.2, 0.25) is 5.02 Å². The average Bonchev–Trinajstić information content (AvgIpc) is 3.03. The van der Waals surface area contributed by atoms with Crippen LogP contribution >= 0.6 is 11.6 Å². The topological polar surface area (TPSA) is 60.0 Å². The molecule has 27 heavy (non-hydrogen) atoms. The molecule has 1 aliphatic carbocycles. The summed E-state index contributed by atoms with van der Waals surface area (Å²) in [6.45, 7) is 4.36. The zero-order valence-electron chi connectivity index (χ0n) is 16.5. The van der Waals surface area contributed by atoms with Crippen LogP contribution in [0, 0.1) is 11.8 Å². The summed E-state index contributed by atoms with van der Waals surface area (Å²) in [6.07, 6.45) is 2.01. The Morgan fingerprint density at radius 1 is 1.19 bits per heavy atom. The van der Waals surface area contributed by atoms with E-state index >= 15 is 0 Å². The van der Waals surface area contributed by atoms with Gasteiger partial charge in [-0.05, 0) is 36.3 Å². The highest BCUT2D eigenvalue weighted by Gasteiger charge is 2.42. The molecule has 1 aliphatic heterocycles. The molecule has 1 aromatic rings. The predicted octanol–water partition coefficient (Wildman–Crippen LogP) is 2.72. The second-order valence-corrected chi connectivity index (χ2v) is 7.92. The molecule has 1 heterocycles. The van der Waals surface area contributed by atoms with E-state index in [1.807, 2.05) is 12.1 Å². The smallest absolute Gasteiger partial charge is 0.217 e. The Morgan fingerprint density at radius 3 is 2.48 bits per heavy atom. The highest BCUT2D eigenvalue weighted by molar-refractivity contribution is 6.33. The van der Waals surface area contributed by atoms with Gasteiger partial charge in [0.15, 0.2) is 11.5 Å². The zero-order chi connectivity index (χ0) is 19.6. The van der Waals surface area contributed by atoms with Crippen molar-refractivity contribution < 1.29 is 19.0 Å². The van der Waals surface area contributed by atoms with Crippen molar-refractivity contribution in [3.63, 3.8) is 0 Å². The first-order valence-corrected chi connectivity index (χ1v) is 9.76. The summed E-state index contributed by atoms with van der Waals surface area (Å²) in [5.41, 5.74) is 1.04. The molecule has 2 fully saturated rings. The number of halogens is 1. The Balaban J connectivity index is 1.69. The number of rotatable bonds is 6. The van der Waals surface area contributed by atoms with Crippen LogP contribution in [-0.4, -0.2) is 57.4 Å². The molecule has 0 bridgehead atoms. The summed E-state index contributed by atoms with van der Waals surface area (Å²) < 4.78 is 16.4. The fourth-order valence-corrected chi connectivity index (χ4v) is 4.90. The summed E-state index contributed by atoms with van der Waals surface area (Å²) in [5, 5.41) is 3.67. The van der Waals surface area contributed by atoms with Crippen LogP contribution in [0.15, 0.2) is 12.1 Å². The van der Waals surface area contributed by atoms with E-state index < -0.39 is 0 Å². The lowest BCUT2D eigenvalue weighted by Gasteiger charge is -2.37. The first-order chi connectivity index (χ1) is 13.0. The largest absolute Gasteiger partial charge is 0.493 e. The number of ether oxygens (including phenoxy) is 3. The number of carbonyl (C=O) groups is 1. The van der Waals surface area contributed by atoms with E-state index in [0.29, 0.717) is 28.4 Å². The molecule has 6 nitrogen and oxygen atoms in total. The quantitative estimate of drug-likeness (QED) is 0.801. The maximum atomic E-state index is 11.5. The van der Waals surface area contributed by atoms with E-state index in [-0.39, 0.29) is 18.1 Å². The van der Waals surface area contributed by atoms with Crippen LogP contribution in [-0.2, 0) is 16.1 Å². The molecule has 2 aliphatic rings. The third-order valence-electron chi connectivity index (χ3n) is 5.84. The third-order valence-corrected chi connectivity index (χ3v) is 6.26. The molecule has 1 amide bonds. The van der Waals surface area contributed by atoms with Crippen LogP contribution in [0.5, 0.6) is 11.5 Å². The molecule has 1 saturated heterocycles. The molecule has 0 spiro atoms. The number of carbonyl (C=O) groups excluding carboxylic acids is 1. The summed E-state index contributed by atoms with van der Waals surface area (Å²) in [5.74, 6) is 2.37. The second-order valence-electron chi connectivity index (χ2n) is 7.54. The molecule has 150 valence electrons. The number of likely N-dealkylation sites (tertiary alicyclic amines) is 1. The minimum absolute atomic E-state index is 0.00691. The maximum absolute atomic E-state index is 11.5. The van der Waals surface area contributed by atoms with E-state index in [2.05, 4.69) is 10.2 Å². The fraction of sp³-hybridized carbons (Fsp3) is 0.650. The van der Waals surface area contributed by atoms with E-state index in [1.54, 1.807) is 28.3 Å². The average molecular weight is 397 g/mol. The lowest BCUT2D eigenvalue weighted by molar-refractivity contribution is -0.121. The van der Waals surface area contributed by atoms with E-state index in [9.17, 15) is 4.79 Å². The molecule has 0 radical (unpaired) electrons. The molecular formula is C20H29ClN2O4. The van der Waals surface area contributed by atoms with Gasteiger partial charge in [0.1, 0.15) is 0 Å². The van der Waals surface area contributed by atoms with Gasteiger partial charge >= 0.3 is 0 Å². The number of hydrogen-bond acceptors (Lipinski definition) is 5. The van der Waals surface area contributed by atoms with Gasteiger partial charge in [-0.1, -0.05) is 17.7 Å². The summed E-state index contributed by atoms with van der Waals surface area (Å²) >= 11 is 6.55. The minimum atomic E-state index is 0.00691. The Morgan fingerprint density at radius 2 is 1.89 bits per heavy atom. The fourth-order valence-electron chi connectivity index (χ4n) is 4.61. The maximum Gasteiger partial charge on any atom is 0.217 e. The highest BCUT2D eigenvalue weighted by Crippen LogP contribution is 2.41. The number of hydrogen-bond donors (Lipinski definition) is 1. The summed E-state index contributed by atoms with van der Waals surface area (Å²) in [7, 11) is 4.94. The molecule has 0 unspecified atom stereocenters. The first kappa shape index (κ1) is 20.2. The first-order valence-electron chi connectivity index (χ1n) is 9.38. The Labute approximate surface area is 166 Å². The van der Waals surface area contributed by atoms with Gasteiger partial charge in [-0.2, -0.15) is 0 Å². The van der Waals surface area contributed by atoms with Crippen molar-refractivity contribution >= 4 is 17.5 Å². The van der Waals surface area contributed by atoms with Crippen LogP contribution in [0.3, 0.4) is 0 Å². The molecule has 4 atom stereocenters. The predicted molar refractivity (Wildman–Crippen MR) is 104 cm³/mol. The molecular weight excluding hydrogens is 368 g/mol. The van der Waals surface area contributed by atoms with Gasteiger partial charge in [0, 0.05) is 33.7 Å². The van der Waals surface area contributed by atoms with Crippen molar-refractivity contribution in [3.05, 3.63) is 22.7 Å². The van der Waals surface area contributed by atoms with Gasteiger partial charge in [0.25, 0.3) is 0 Å². The van der Waals surface area contributed by atoms with Crippen molar-refractivity contribution in [2.24, 2.45) is 11.8 Å². The molecule has 1 aromatic carbocycles. The third kappa shape index (κ3) is 4.33. The van der Waals surface area contributed by atoms with Crippen molar-refractivity contribution in [3.8, 4) is 11.5 Å². The molecule has 0 aromatic heterocycles. The normalized spacial score (nSPS) is 27.9. The van der Waals surface area contributed by atoms with Crippen molar-refractivity contribution in [1.82, 2.24) is 10.2 Å². The van der Waals surface area contributed by atoms with Gasteiger partial charge in [0.05, 0.1) is 31.4 Å². The number of nitrogens with zero attached hydrogens (tertiary/aromatic N) is 1. The molecule has 3 rings (SSSR count). The zero-order valence-corrected chi connectivity index (χ0v) is 17.2. The van der Waals surface area contributed by atoms with Crippen molar-refractivity contribution in [2.45, 2.75) is 38.5 Å². The molecule has 1 saturated carbocycles. The van der Waals surface area contributed by atoms with Crippen molar-refractivity contribution in [1.29, 1.82) is 0 Å². The molecule has 7 heteroatoms. The van der Waals surface area contributed by atoms with Gasteiger partial charge in [-0.25, -0.2) is 0 Å². The van der Waals surface area contributed by atoms with E-state index in [1.165, 1.54) is 0 Å². The van der Waals surface area contributed by atoms with Gasteiger partial charge in [0.2, 0.25) is 5.91 Å². The second kappa shape index (κ2) is 8.67. The van der Waals surface area contributed by atoms with Crippen LogP contribution in [0.25, 0.3) is 0 Å². The number of benzene rings is 1. The Bertz CT molecular complexity index is 684. The van der Waals surface area contributed by atoms with Gasteiger partial charge in [-0.3, -0.25) is 9.69 Å². The van der Waals surface area contributed by atoms with Crippen molar-refractivity contribution in [2.75, 3.05) is 34.4 Å². The number of nitrogens with one attached hydrogen (secondary N) is 1.